The standard InChI is InChI=1S/C34H43F2N3O4S/c1-21(2)39(22(3)4)19-27-16-24(11-14-29(27)30-15-23(5)37-18-31(30)35)20-43-28-10-8-9-26(17-28)32(25-12-13-25)34(6,36)33(40)38-44(7,41)42/h8-11,14-18,21-22,25,32H,12-13,19-20H2,1-7H3,(H,38,40)/t32-,34+/m0/s1. The molecule has 1 heterocycles. The van der Waals surface area contributed by atoms with Crippen molar-refractivity contribution in [2.45, 2.75) is 91.2 Å². The van der Waals surface area contributed by atoms with Crippen LogP contribution in [0.5, 0.6) is 5.75 Å². The first-order chi connectivity index (χ1) is 20.6. The molecule has 0 aliphatic heterocycles. The van der Waals surface area contributed by atoms with E-state index in [0.29, 0.717) is 23.4 Å². The maximum atomic E-state index is 16.0. The van der Waals surface area contributed by atoms with Gasteiger partial charge in [0.15, 0.2) is 5.67 Å². The van der Waals surface area contributed by atoms with Gasteiger partial charge in [-0.15, -0.1) is 0 Å². The number of sulfonamides is 1. The van der Waals surface area contributed by atoms with Crippen LogP contribution in [0.25, 0.3) is 11.1 Å². The summed E-state index contributed by atoms with van der Waals surface area (Å²) in [4.78, 5) is 19.1. The number of rotatable bonds is 13. The monoisotopic (exact) mass is 627 g/mol. The summed E-state index contributed by atoms with van der Waals surface area (Å²) < 4.78 is 62.2. The lowest BCUT2D eigenvalue weighted by atomic mass is 9.80. The van der Waals surface area contributed by atoms with Crippen LogP contribution in [-0.2, 0) is 28.0 Å². The molecule has 2 aromatic carbocycles. The van der Waals surface area contributed by atoms with Gasteiger partial charge >= 0.3 is 0 Å². The fourth-order valence-electron chi connectivity index (χ4n) is 5.87. The van der Waals surface area contributed by atoms with Crippen LogP contribution in [0.2, 0.25) is 0 Å². The van der Waals surface area contributed by atoms with E-state index in [1.807, 2.05) is 25.1 Å². The first-order valence-electron chi connectivity index (χ1n) is 15.0. The molecule has 0 unspecified atom stereocenters. The van der Waals surface area contributed by atoms with Crippen LogP contribution >= 0.6 is 0 Å². The second kappa shape index (κ2) is 13.3. The van der Waals surface area contributed by atoms with E-state index in [4.69, 9.17) is 4.74 Å². The molecule has 10 heteroatoms. The normalized spacial score (nSPS) is 15.8. The topological polar surface area (TPSA) is 88.6 Å². The lowest BCUT2D eigenvalue weighted by Crippen LogP contribution is -2.47. The molecule has 3 aromatic rings. The number of aromatic nitrogens is 1. The third kappa shape index (κ3) is 8.21. The minimum Gasteiger partial charge on any atom is -0.489 e. The van der Waals surface area contributed by atoms with Gasteiger partial charge in [0.2, 0.25) is 10.0 Å². The van der Waals surface area contributed by atoms with Crippen molar-refractivity contribution < 1.29 is 26.7 Å². The predicted octanol–water partition coefficient (Wildman–Crippen LogP) is 6.69. The Bertz CT molecular complexity index is 1600. The van der Waals surface area contributed by atoms with Crippen LogP contribution < -0.4 is 9.46 Å². The summed E-state index contributed by atoms with van der Waals surface area (Å²) in [6.07, 6.45) is 3.58. The van der Waals surface area contributed by atoms with Gasteiger partial charge in [-0.05, 0) is 101 Å². The van der Waals surface area contributed by atoms with Crippen LogP contribution in [0.4, 0.5) is 8.78 Å². The van der Waals surface area contributed by atoms with Crippen molar-refractivity contribution in [3.05, 3.63) is 82.9 Å². The summed E-state index contributed by atoms with van der Waals surface area (Å²) in [5, 5.41) is 0. The Morgan fingerprint density at radius 3 is 2.39 bits per heavy atom. The summed E-state index contributed by atoms with van der Waals surface area (Å²) >= 11 is 0. The maximum Gasteiger partial charge on any atom is 0.271 e. The third-order valence-electron chi connectivity index (χ3n) is 8.15. The molecule has 1 saturated carbocycles. The number of pyridine rings is 1. The molecule has 44 heavy (non-hydrogen) atoms. The molecule has 1 aliphatic rings. The van der Waals surface area contributed by atoms with Crippen LogP contribution in [0.15, 0.2) is 54.7 Å². The van der Waals surface area contributed by atoms with Crippen molar-refractivity contribution in [2.24, 2.45) is 5.92 Å². The van der Waals surface area contributed by atoms with Gasteiger partial charge in [-0.25, -0.2) is 17.2 Å². The lowest BCUT2D eigenvalue weighted by molar-refractivity contribution is -0.131. The molecular formula is C34H43F2N3O4S. The molecule has 1 fully saturated rings. The van der Waals surface area contributed by atoms with E-state index in [1.54, 1.807) is 35.1 Å². The van der Waals surface area contributed by atoms with Crippen LogP contribution in [-0.4, -0.2) is 48.2 Å². The molecule has 7 nitrogen and oxygen atoms in total. The number of carbonyl (C=O) groups excluding carboxylic acids is 1. The minimum atomic E-state index is -3.91. The van der Waals surface area contributed by atoms with Gasteiger partial charge in [0.05, 0.1) is 12.5 Å². The molecule has 2 atom stereocenters. The van der Waals surface area contributed by atoms with E-state index in [2.05, 4.69) is 37.6 Å². The van der Waals surface area contributed by atoms with Gasteiger partial charge in [-0.1, -0.05) is 30.3 Å². The number of carbonyl (C=O) groups is 1. The van der Waals surface area contributed by atoms with Crippen LogP contribution in [0.1, 0.15) is 75.8 Å². The van der Waals surface area contributed by atoms with E-state index >= 15 is 4.39 Å². The Balaban J connectivity index is 1.61. The quantitative estimate of drug-likeness (QED) is 0.227. The molecule has 0 bridgehead atoms. The summed E-state index contributed by atoms with van der Waals surface area (Å²) in [7, 11) is -3.91. The zero-order valence-electron chi connectivity index (χ0n) is 26.5. The van der Waals surface area contributed by atoms with E-state index in [1.165, 1.54) is 6.20 Å². The van der Waals surface area contributed by atoms with Crippen LogP contribution in [0, 0.1) is 18.7 Å². The molecule has 4 rings (SSSR count). The van der Waals surface area contributed by atoms with Crippen molar-refractivity contribution in [1.82, 2.24) is 14.6 Å². The molecular weight excluding hydrogens is 584 g/mol. The third-order valence-corrected chi connectivity index (χ3v) is 8.71. The average molecular weight is 628 g/mol. The number of benzene rings is 2. The number of alkyl halides is 1. The van der Waals surface area contributed by atoms with E-state index in [0.717, 1.165) is 48.4 Å². The highest BCUT2D eigenvalue weighted by Gasteiger charge is 2.50. The predicted molar refractivity (Wildman–Crippen MR) is 169 cm³/mol. The van der Waals surface area contributed by atoms with E-state index in [-0.39, 0.29) is 30.4 Å². The van der Waals surface area contributed by atoms with Crippen molar-refractivity contribution >= 4 is 15.9 Å². The number of halogens is 2. The zero-order valence-corrected chi connectivity index (χ0v) is 27.3. The second-order valence-electron chi connectivity index (χ2n) is 12.6. The zero-order chi connectivity index (χ0) is 32.4. The molecule has 1 N–H and O–H groups in total. The first kappa shape index (κ1) is 33.5. The highest BCUT2D eigenvalue weighted by molar-refractivity contribution is 7.89. The second-order valence-corrected chi connectivity index (χ2v) is 14.4. The number of amides is 1. The highest BCUT2D eigenvalue weighted by Crippen LogP contribution is 2.50. The van der Waals surface area contributed by atoms with Crippen molar-refractivity contribution in [3.8, 4) is 16.9 Å². The molecule has 0 radical (unpaired) electrons. The van der Waals surface area contributed by atoms with Gasteiger partial charge in [0.25, 0.3) is 5.91 Å². The number of nitrogens with one attached hydrogen (secondary N) is 1. The number of aryl methyl sites for hydroxylation is 1. The Kier molecular flexibility index (Phi) is 10.1. The van der Waals surface area contributed by atoms with E-state index < -0.39 is 27.5 Å². The van der Waals surface area contributed by atoms with Gasteiger partial charge in [-0.3, -0.25) is 19.4 Å². The SMILES string of the molecule is Cc1cc(-c2ccc(COc3cccc([C@H](C4CC4)[C@@](C)(F)C(=O)NS(C)(=O)=O)c3)cc2CN(C(C)C)C(C)C)c(F)cn1. The highest BCUT2D eigenvalue weighted by atomic mass is 32.2. The molecule has 0 spiro atoms. The summed E-state index contributed by atoms with van der Waals surface area (Å²) in [6, 6.07) is 15.1. The molecule has 1 aliphatic carbocycles. The summed E-state index contributed by atoms with van der Waals surface area (Å²) in [5.41, 5.74) is 2.01. The van der Waals surface area contributed by atoms with Crippen molar-refractivity contribution in [2.75, 3.05) is 6.26 Å². The molecule has 1 amide bonds. The number of hydrogen-bond acceptors (Lipinski definition) is 6. The average Bonchev–Trinajstić information content (AvgIpc) is 3.76. The fourth-order valence-corrected chi connectivity index (χ4v) is 6.41. The smallest absolute Gasteiger partial charge is 0.271 e. The summed E-state index contributed by atoms with van der Waals surface area (Å²) in [5.74, 6) is -1.96. The van der Waals surface area contributed by atoms with Gasteiger partial charge in [0.1, 0.15) is 18.2 Å². The Morgan fingerprint density at radius 1 is 1.09 bits per heavy atom. The summed E-state index contributed by atoms with van der Waals surface area (Å²) in [6.45, 7) is 12.4. The number of nitrogens with zero attached hydrogens (tertiary/aromatic N) is 2. The lowest BCUT2D eigenvalue weighted by Gasteiger charge is -2.31. The maximum absolute atomic E-state index is 16.0. The number of ether oxygens (including phenoxy) is 1. The molecule has 1 aromatic heterocycles. The van der Waals surface area contributed by atoms with Crippen LogP contribution in [0.3, 0.4) is 0 Å². The Labute approximate surface area is 260 Å². The first-order valence-corrected chi connectivity index (χ1v) is 16.9. The van der Waals surface area contributed by atoms with Gasteiger partial charge < -0.3 is 4.74 Å². The van der Waals surface area contributed by atoms with E-state index in [9.17, 15) is 17.6 Å². The molecule has 238 valence electrons. The van der Waals surface area contributed by atoms with Crippen molar-refractivity contribution in [1.29, 1.82) is 0 Å². The number of hydrogen-bond donors (Lipinski definition) is 1. The van der Waals surface area contributed by atoms with Gasteiger partial charge in [-0.2, -0.15) is 0 Å². The Morgan fingerprint density at radius 2 is 1.77 bits per heavy atom. The fraction of sp³-hybridized carbons (Fsp3) is 0.471. The largest absolute Gasteiger partial charge is 0.489 e. The van der Waals surface area contributed by atoms with Gasteiger partial charge in [0, 0.05) is 35.8 Å². The van der Waals surface area contributed by atoms with Crippen molar-refractivity contribution in [3.63, 3.8) is 0 Å². The molecule has 0 saturated heterocycles. The minimum absolute atomic E-state index is 0.0808. The Hall–Kier alpha value is -3.37.